The number of hydrogen-bond donors (Lipinski definition) is 1. The van der Waals surface area contributed by atoms with E-state index in [9.17, 15) is 9.59 Å². The predicted molar refractivity (Wildman–Crippen MR) is 86.1 cm³/mol. The van der Waals surface area contributed by atoms with Crippen molar-refractivity contribution >= 4 is 28.2 Å². The topological polar surface area (TPSA) is 91.0 Å². The van der Waals surface area contributed by atoms with Gasteiger partial charge in [0, 0.05) is 5.71 Å². The van der Waals surface area contributed by atoms with Crippen LogP contribution in [0.25, 0.3) is 10.8 Å². The molecule has 1 atom stereocenters. The van der Waals surface area contributed by atoms with Crippen molar-refractivity contribution < 1.29 is 14.3 Å². The molecule has 0 heterocycles. The van der Waals surface area contributed by atoms with Gasteiger partial charge >= 0.3 is 5.97 Å². The van der Waals surface area contributed by atoms with Crippen LogP contribution < -0.4 is 0 Å². The van der Waals surface area contributed by atoms with Gasteiger partial charge in [0.05, 0.1) is 12.5 Å². The molecule has 0 aliphatic heterocycles. The number of ether oxygens (including phenoxy) is 1. The summed E-state index contributed by atoms with van der Waals surface area (Å²) in [4.78, 5) is 23.7. The normalized spacial score (nSPS) is 11.5. The number of nitrogens with one attached hydrogen (secondary N) is 1. The lowest BCUT2D eigenvalue weighted by atomic mass is 10.0. The smallest absolute Gasteiger partial charge is 0.310 e. The summed E-state index contributed by atoms with van der Waals surface area (Å²) in [7, 11) is 0. The van der Waals surface area contributed by atoms with E-state index >= 15 is 0 Å². The molecule has 0 aliphatic rings. The van der Waals surface area contributed by atoms with Gasteiger partial charge in [-0.3, -0.25) is 9.59 Å². The van der Waals surface area contributed by atoms with E-state index in [0.717, 1.165) is 16.3 Å². The number of carbonyl (C=O) groups excluding carboxylic acids is 2. The van der Waals surface area contributed by atoms with E-state index in [1.807, 2.05) is 42.5 Å². The Kier molecular flexibility index (Phi) is 5.21. The number of esters is 1. The van der Waals surface area contributed by atoms with Crippen molar-refractivity contribution in [1.82, 2.24) is 0 Å². The Morgan fingerprint density at radius 2 is 1.91 bits per heavy atom. The Labute approximate surface area is 134 Å². The number of nitrogens with zero attached hydrogens (tertiary/aromatic N) is 1. The first-order chi connectivity index (χ1) is 11.0. The lowest BCUT2D eigenvalue weighted by molar-refractivity contribution is -0.147. The Hall–Kier alpha value is -3.00. The first-order valence-corrected chi connectivity index (χ1v) is 7.12. The fourth-order valence-corrected chi connectivity index (χ4v) is 2.30. The van der Waals surface area contributed by atoms with Crippen LogP contribution in [0.4, 0.5) is 0 Å². The quantitative estimate of drug-likeness (QED) is 0.656. The molecule has 5 heteroatoms. The van der Waals surface area contributed by atoms with E-state index < -0.39 is 24.3 Å². The van der Waals surface area contributed by atoms with Crippen LogP contribution in [0.1, 0.15) is 12.5 Å². The minimum atomic E-state index is -1.15. The summed E-state index contributed by atoms with van der Waals surface area (Å²) >= 11 is 0. The molecule has 2 aromatic rings. The second kappa shape index (κ2) is 7.32. The van der Waals surface area contributed by atoms with Crippen molar-refractivity contribution in [2.75, 3.05) is 6.61 Å². The molecule has 5 nitrogen and oxygen atoms in total. The van der Waals surface area contributed by atoms with Gasteiger partial charge in [0.25, 0.3) is 0 Å². The summed E-state index contributed by atoms with van der Waals surface area (Å²) in [6, 6.07) is 15.1. The average Bonchev–Trinajstić information content (AvgIpc) is 2.53. The summed E-state index contributed by atoms with van der Waals surface area (Å²) in [5.41, 5.74) is 0.767. The number of fused-ring (bicyclic) bond motifs is 1. The molecule has 0 radical (unpaired) electrons. The molecule has 0 fully saturated rings. The summed E-state index contributed by atoms with van der Waals surface area (Å²) in [6.45, 7) is 0.891. The fourth-order valence-electron chi connectivity index (χ4n) is 2.30. The zero-order valence-corrected chi connectivity index (χ0v) is 12.7. The fraction of sp³-hybridized carbons (Fsp3) is 0.222. The maximum atomic E-state index is 11.9. The Morgan fingerprint density at radius 3 is 2.61 bits per heavy atom. The van der Waals surface area contributed by atoms with Crippen molar-refractivity contribution in [2.24, 2.45) is 5.92 Å². The van der Waals surface area contributed by atoms with Crippen LogP contribution >= 0.6 is 0 Å². The first kappa shape index (κ1) is 16.4. The molecule has 23 heavy (non-hydrogen) atoms. The molecule has 1 N–H and O–H groups in total. The highest BCUT2D eigenvalue weighted by molar-refractivity contribution is 6.06. The highest BCUT2D eigenvalue weighted by Gasteiger charge is 2.21. The standard InChI is InChI=1S/C18H16N2O3/c1-12(20)16(10-19)17(21)11-23-18(22)9-14-7-4-6-13-5-2-3-8-15(13)14/h2-8,16,20H,9,11H2,1H3. The monoisotopic (exact) mass is 308 g/mol. The van der Waals surface area contributed by atoms with Crippen LogP contribution in [0, 0.1) is 22.7 Å². The van der Waals surface area contributed by atoms with E-state index in [2.05, 4.69) is 0 Å². The third-order valence-electron chi connectivity index (χ3n) is 3.47. The molecule has 1 unspecified atom stereocenters. The highest BCUT2D eigenvalue weighted by Crippen LogP contribution is 2.19. The van der Waals surface area contributed by atoms with Crippen molar-refractivity contribution in [2.45, 2.75) is 13.3 Å². The lowest BCUT2D eigenvalue weighted by Crippen LogP contribution is -2.26. The van der Waals surface area contributed by atoms with Crippen LogP contribution in [-0.2, 0) is 20.7 Å². The Bertz CT molecular complexity index is 800. The maximum Gasteiger partial charge on any atom is 0.310 e. The van der Waals surface area contributed by atoms with Gasteiger partial charge in [0.15, 0.2) is 12.4 Å². The number of rotatable bonds is 6. The predicted octanol–water partition coefficient (Wildman–Crippen LogP) is 2.67. The van der Waals surface area contributed by atoms with Crippen molar-refractivity contribution in [3.63, 3.8) is 0 Å². The minimum absolute atomic E-state index is 0.0510. The summed E-state index contributed by atoms with van der Waals surface area (Å²) in [5.74, 6) is -2.26. The van der Waals surface area contributed by atoms with Gasteiger partial charge in [-0.05, 0) is 23.3 Å². The van der Waals surface area contributed by atoms with Gasteiger partial charge < -0.3 is 10.1 Å². The SMILES string of the molecule is CC(=N)C(C#N)C(=O)COC(=O)Cc1cccc2ccccc12. The highest BCUT2D eigenvalue weighted by atomic mass is 16.5. The van der Waals surface area contributed by atoms with Gasteiger partial charge in [-0.2, -0.15) is 5.26 Å². The van der Waals surface area contributed by atoms with Gasteiger partial charge in [0.2, 0.25) is 0 Å². The van der Waals surface area contributed by atoms with E-state index in [1.165, 1.54) is 6.92 Å². The maximum absolute atomic E-state index is 11.9. The van der Waals surface area contributed by atoms with E-state index in [4.69, 9.17) is 15.4 Å². The summed E-state index contributed by atoms with van der Waals surface area (Å²) < 4.78 is 4.95. The Balaban J connectivity index is 2.01. The molecule has 0 saturated heterocycles. The zero-order chi connectivity index (χ0) is 16.8. The average molecular weight is 308 g/mol. The summed E-state index contributed by atoms with van der Waals surface area (Å²) in [6.07, 6.45) is 0.0510. The van der Waals surface area contributed by atoms with Gasteiger partial charge in [0.1, 0.15) is 5.92 Å². The van der Waals surface area contributed by atoms with Crippen molar-refractivity contribution in [3.8, 4) is 6.07 Å². The molecule has 2 rings (SSSR count). The van der Waals surface area contributed by atoms with E-state index in [0.29, 0.717) is 0 Å². The van der Waals surface area contributed by atoms with Crippen molar-refractivity contribution in [3.05, 3.63) is 48.0 Å². The second-order valence-corrected chi connectivity index (χ2v) is 5.19. The van der Waals surface area contributed by atoms with Gasteiger partial charge in [-0.1, -0.05) is 42.5 Å². The second-order valence-electron chi connectivity index (χ2n) is 5.19. The molecule has 0 bridgehead atoms. The molecular weight excluding hydrogens is 292 g/mol. The minimum Gasteiger partial charge on any atom is -0.457 e. The lowest BCUT2D eigenvalue weighted by Gasteiger charge is -2.09. The van der Waals surface area contributed by atoms with Crippen LogP contribution in [-0.4, -0.2) is 24.1 Å². The van der Waals surface area contributed by atoms with Crippen LogP contribution in [0.15, 0.2) is 42.5 Å². The Morgan fingerprint density at radius 1 is 1.22 bits per heavy atom. The molecule has 116 valence electrons. The largest absolute Gasteiger partial charge is 0.457 e. The molecule has 0 spiro atoms. The number of nitriles is 1. The summed E-state index contributed by atoms with van der Waals surface area (Å²) in [5, 5.41) is 18.2. The molecule has 2 aromatic carbocycles. The molecule has 0 amide bonds. The van der Waals surface area contributed by atoms with Crippen molar-refractivity contribution in [1.29, 1.82) is 10.7 Å². The third-order valence-corrected chi connectivity index (χ3v) is 3.47. The number of benzene rings is 2. The molecule has 0 aliphatic carbocycles. The van der Waals surface area contributed by atoms with Crippen LogP contribution in [0.2, 0.25) is 0 Å². The number of ketones is 1. The number of Topliss-reactive ketones (excluding diaryl/α,β-unsaturated/α-hetero) is 1. The molecule has 0 aromatic heterocycles. The van der Waals surface area contributed by atoms with Crippen LogP contribution in [0.5, 0.6) is 0 Å². The van der Waals surface area contributed by atoms with E-state index in [-0.39, 0.29) is 12.1 Å². The number of hydrogen-bond acceptors (Lipinski definition) is 5. The van der Waals surface area contributed by atoms with Gasteiger partial charge in [-0.15, -0.1) is 0 Å². The van der Waals surface area contributed by atoms with E-state index in [1.54, 1.807) is 6.07 Å². The third kappa shape index (κ3) is 4.01. The zero-order valence-electron chi connectivity index (χ0n) is 12.7. The number of carbonyl (C=O) groups is 2. The molecule has 0 saturated carbocycles. The first-order valence-electron chi connectivity index (χ1n) is 7.12. The molecular formula is C18H16N2O3. The van der Waals surface area contributed by atoms with Gasteiger partial charge in [-0.25, -0.2) is 0 Å². The van der Waals surface area contributed by atoms with Crippen LogP contribution in [0.3, 0.4) is 0 Å².